The van der Waals surface area contributed by atoms with Crippen LogP contribution < -0.4 is 5.48 Å². The average Bonchev–Trinajstić information content (AvgIpc) is 2.69. The Kier molecular flexibility index (Phi) is 5.18. The van der Waals surface area contributed by atoms with Gasteiger partial charge in [0.15, 0.2) is 0 Å². The van der Waals surface area contributed by atoms with Crippen LogP contribution in [0.15, 0.2) is 23.4 Å². The van der Waals surface area contributed by atoms with Crippen molar-refractivity contribution < 1.29 is 24.6 Å². The van der Waals surface area contributed by atoms with Gasteiger partial charge in [-0.05, 0) is 25.0 Å². The molecule has 1 heterocycles. The maximum Gasteiger partial charge on any atom is 0.343 e. The zero-order chi connectivity index (χ0) is 12.0. The van der Waals surface area contributed by atoms with Crippen LogP contribution in [0.4, 0.5) is 0 Å². The van der Waals surface area contributed by atoms with Crippen LogP contribution in [-0.2, 0) is 19.1 Å². The fourth-order valence-electron chi connectivity index (χ4n) is 1.49. The van der Waals surface area contributed by atoms with Gasteiger partial charge in [0.25, 0.3) is 0 Å². The molecule has 0 amide bonds. The quantitative estimate of drug-likeness (QED) is 0.415. The molecule has 1 rings (SSSR count). The normalized spacial score (nSPS) is 23.8. The van der Waals surface area contributed by atoms with Crippen molar-refractivity contribution in [3.63, 3.8) is 0 Å². The summed E-state index contributed by atoms with van der Waals surface area (Å²) in [5.74, 6) is -0.375. The third-order valence-corrected chi connectivity index (χ3v) is 2.43. The zero-order valence-corrected chi connectivity index (χ0v) is 9.86. The Bertz CT molecular complexity index is 309. The van der Waals surface area contributed by atoms with Crippen LogP contribution >= 0.6 is 0 Å². The maximum absolute atomic E-state index is 11.5. The minimum absolute atomic E-state index is 0.0654. The first-order valence-corrected chi connectivity index (χ1v) is 5.15. The first kappa shape index (κ1) is 12.9. The lowest BCUT2D eigenvalue weighted by Gasteiger charge is -2.04. The van der Waals surface area contributed by atoms with E-state index in [1.54, 1.807) is 12.3 Å². The minimum atomic E-state index is -0.375. The molecule has 90 valence electrons. The molecule has 5 nitrogen and oxygen atoms in total. The van der Waals surface area contributed by atoms with Gasteiger partial charge in [0.2, 0.25) is 0 Å². The monoisotopic (exact) mass is 228 g/mol. The van der Waals surface area contributed by atoms with Gasteiger partial charge in [0, 0.05) is 0 Å². The second-order valence-electron chi connectivity index (χ2n) is 3.47. The van der Waals surface area contributed by atoms with Crippen LogP contribution in [0.1, 0.15) is 13.3 Å². The topological polar surface area (TPSA) is 61.4 Å². The predicted octanol–water partition coefficient (Wildman–Crippen LogP) is -0.0967. The van der Waals surface area contributed by atoms with E-state index in [-0.39, 0.29) is 12.1 Å². The van der Waals surface area contributed by atoms with Crippen molar-refractivity contribution in [2.24, 2.45) is 0 Å². The second kappa shape index (κ2) is 6.42. The van der Waals surface area contributed by atoms with Crippen molar-refractivity contribution in [1.29, 1.82) is 0 Å². The Morgan fingerprint density at radius 2 is 2.31 bits per heavy atom. The predicted molar refractivity (Wildman–Crippen MR) is 57.1 cm³/mol. The zero-order valence-electron chi connectivity index (χ0n) is 9.86. The highest BCUT2D eigenvalue weighted by atomic mass is 16.6. The number of hydroxylamine groups is 1. The van der Waals surface area contributed by atoms with Gasteiger partial charge in [-0.1, -0.05) is 0 Å². The van der Waals surface area contributed by atoms with Crippen LogP contribution in [0.25, 0.3) is 0 Å². The standard InChI is InChI=1S/C11H17NO4/c1-8-9(4-5-16-8)6-10(7-12-15-3)11(13)14-2/h6-8,12H,4-5H2,1-3H3/p+1/b9-6+,10-7+/t8-/m1/s1. The fourth-order valence-corrected chi connectivity index (χ4v) is 1.49. The van der Waals surface area contributed by atoms with Crippen LogP contribution in [0.5, 0.6) is 0 Å². The molecule has 0 saturated carbocycles. The van der Waals surface area contributed by atoms with Gasteiger partial charge in [-0.25, -0.2) is 9.63 Å². The van der Waals surface area contributed by atoms with E-state index in [4.69, 9.17) is 9.57 Å². The maximum atomic E-state index is 11.5. The van der Waals surface area contributed by atoms with Crippen molar-refractivity contribution in [3.8, 4) is 0 Å². The van der Waals surface area contributed by atoms with E-state index >= 15 is 0 Å². The molecule has 0 aromatic carbocycles. The third-order valence-electron chi connectivity index (χ3n) is 2.43. The Hall–Kier alpha value is -1.17. The summed E-state index contributed by atoms with van der Waals surface area (Å²) >= 11 is 0. The van der Waals surface area contributed by atoms with Crippen molar-refractivity contribution in [3.05, 3.63) is 23.4 Å². The van der Waals surface area contributed by atoms with Crippen molar-refractivity contribution in [1.82, 2.24) is 0 Å². The number of esters is 1. The fraction of sp³-hybridized carbons (Fsp3) is 0.545. The molecular formula is C11H18NO4+. The molecule has 1 aliphatic heterocycles. The Balaban J connectivity index is 2.81. The molecule has 1 aliphatic rings. The number of ether oxygens (including phenoxy) is 2. The highest BCUT2D eigenvalue weighted by Gasteiger charge is 2.19. The lowest BCUT2D eigenvalue weighted by atomic mass is 10.1. The summed E-state index contributed by atoms with van der Waals surface area (Å²) in [5, 5.41) is 0. The summed E-state index contributed by atoms with van der Waals surface area (Å²) in [7, 11) is 2.88. The Morgan fingerprint density at radius 3 is 2.81 bits per heavy atom. The highest BCUT2D eigenvalue weighted by molar-refractivity contribution is 5.91. The van der Waals surface area contributed by atoms with Crippen LogP contribution in [0.2, 0.25) is 0 Å². The smallest absolute Gasteiger partial charge is 0.343 e. The van der Waals surface area contributed by atoms with Gasteiger partial charge in [-0.2, -0.15) is 5.48 Å². The van der Waals surface area contributed by atoms with E-state index in [0.717, 1.165) is 12.0 Å². The number of methoxy groups -OCH3 is 1. The average molecular weight is 228 g/mol. The summed E-state index contributed by atoms with van der Waals surface area (Å²) in [6, 6.07) is 0. The largest absolute Gasteiger partial charge is 0.465 e. The second-order valence-corrected chi connectivity index (χ2v) is 3.47. The Morgan fingerprint density at radius 1 is 1.56 bits per heavy atom. The van der Waals surface area contributed by atoms with Crippen LogP contribution in [-0.4, -0.2) is 32.9 Å². The molecule has 0 bridgehead atoms. The van der Waals surface area contributed by atoms with Crippen molar-refractivity contribution >= 4 is 5.97 Å². The van der Waals surface area contributed by atoms with E-state index in [9.17, 15) is 4.79 Å². The molecule has 16 heavy (non-hydrogen) atoms. The number of quaternary nitrogens is 1. The van der Waals surface area contributed by atoms with Crippen molar-refractivity contribution in [2.45, 2.75) is 19.4 Å². The number of carbonyl (C=O) groups excluding carboxylic acids is 1. The SMILES string of the molecule is CO[NH2+]/C=C(\C=C1/CCO[C@@H]1C)C(=O)OC. The number of hydrogen-bond acceptors (Lipinski definition) is 4. The van der Waals surface area contributed by atoms with Gasteiger partial charge in [0.1, 0.15) is 11.8 Å². The molecule has 1 saturated heterocycles. The van der Waals surface area contributed by atoms with Gasteiger partial charge < -0.3 is 9.47 Å². The molecule has 0 aromatic heterocycles. The lowest BCUT2D eigenvalue weighted by molar-refractivity contribution is -0.842. The van der Waals surface area contributed by atoms with E-state index in [1.165, 1.54) is 19.7 Å². The first-order chi connectivity index (χ1) is 7.69. The molecule has 1 fully saturated rings. The van der Waals surface area contributed by atoms with Crippen molar-refractivity contribution in [2.75, 3.05) is 20.8 Å². The van der Waals surface area contributed by atoms with Gasteiger partial charge >= 0.3 is 5.97 Å². The van der Waals surface area contributed by atoms with Crippen LogP contribution in [0.3, 0.4) is 0 Å². The summed E-state index contributed by atoms with van der Waals surface area (Å²) in [6.45, 7) is 2.67. The first-order valence-electron chi connectivity index (χ1n) is 5.15. The highest BCUT2D eigenvalue weighted by Crippen LogP contribution is 2.20. The van der Waals surface area contributed by atoms with Gasteiger partial charge in [-0.15, -0.1) is 0 Å². The summed E-state index contributed by atoms with van der Waals surface area (Å²) in [4.78, 5) is 16.2. The van der Waals surface area contributed by atoms with Gasteiger partial charge in [0.05, 0.1) is 26.9 Å². The van der Waals surface area contributed by atoms with Crippen LogP contribution in [0, 0.1) is 0 Å². The van der Waals surface area contributed by atoms with E-state index < -0.39 is 0 Å². The Labute approximate surface area is 95.0 Å². The molecular weight excluding hydrogens is 210 g/mol. The molecule has 2 N–H and O–H groups in total. The molecule has 0 aromatic rings. The summed E-state index contributed by atoms with van der Waals surface area (Å²) < 4.78 is 10.1. The number of rotatable bonds is 4. The molecule has 0 unspecified atom stereocenters. The van der Waals surface area contributed by atoms with Gasteiger partial charge in [-0.3, -0.25) is 0 Å². The lowest BCUT2D eigenvalue weighted by Crippen LogP contribution is -2.76. The number of hydrogen-bond donors (Lipinski definition) is 1. The molecule has 0 spiro atoms. The summed E-state index contributed by atoms with van der Waals surface area (Å²) in [6.07, 6.45) is 4.31. The van der Waals surface area contributed by atoms with E-state index in [2.05, 4.69) is 4.74 Å². The number of carbonyl (C=O) groups is 1. The summed E-state index contributed by atoms with van der Waals surface area (Å²) in [5.41, 5.74) is 3.02. The van der Waals surface area contributed by atoms with E-state index in [0.29, 0.717) is 12.2 Å². The molecule has 0 aliphatic carbocycles. The number of nitrogens with two attached hydrogens (primary N) is 1. The molecule has 5 heteroatoms. The third kappa shape index (κ3) is 3.44. The molecule has 0 radical (unpaired) electrons. The van der Waals surface area contributed by atoms with E-state index in [1.807, 2.05) is 6.92 Å². The minimum Gasteiger partial charge on any atom is -0.465 e. The molecule has 1 atom stereocenters.